The highest BCUT2D eigenvalue weighted by molar-refractivity contribution is 5.61. The Hall–Kier alpha value is -1.90. The van der Waals surface area contributed by atoms with Crippen LogP contribution in [0.4, 0.5) is 11.5 Å². The van der Waals surface area contributed by atoms with Gasteiger partial charge in [0, 0.05) is 26.1 Å². The van der Waals surface area contributed by atoms with E-state index in [2.05, 4.69) is 21.2 Å². The molecule has 84 valence electrons. The Bertz CT molecular complexity index is 425. The van der Waals surface area contributed by atoms with E-state index in [4.69, 9.17) is 5.26 Å². The van der Waals surface area contributed by atoms with Crippen LogP contribution in [-0.2, 0) is 7.05 Å². The number of hydrogen-bond donors (Lipinski definition) is 0. The Kier molecular flexibility index (Phi) is 2.86. The van der Waals surface area contributed by atoms with Crippen molar-refractivity contribution in [3.63, 3.8) is 0 Å². The van der Waals surface area contributed by atoms with Gasteiger partial charge < -0.3 is 4.90 Å². The topological polar surface area (TPSA) is 74.3 Å². The van der Waals surface area contributed by atoms with E-state index in [-0.39, 0.29) is 5.92 Å². The smallest absolute Gasteiger partial charge is 0.170 e. The summed E-state index contributed by atoms with van der Waals surface area (Å²) in [4.78, 5) is 12.7. The molecular weight excluding hydrogens is 206 g/mol. The monoisotopic (exact) mass is 219 g/mol. The third-order valence-electron chi connectivity index (χ3n) is 2.96. The van der Waals surface area contributed by atoms with Gasteiger partial charge in [0.25, 0.3) is 0 Å². The number of nitriles is 1. The molecule has 1 aromatic rings. The molecule has 0 bridgehead atoms. The number of aryl methyl sites for hydroxylation is 1. The van der Waals surface area contributed by atoms with Crippen LogP contribution in [0.5, 0.6) is 0 Å². The van der Waals surface area contributed by atoms with Crippen molar-refractivity contribution in [1.82, 2.24) is 9.78 Å². The highest BCUT2D eigenvalue weighted by Crippen LogP contribution is 2.30. The van der Waals surface area contributed by atoms with Crippen LogP contribution in [0.15, 0.2) is 11.4 Å². The van der Waals surface area contributed by atoms with Gasteiger partial charge in [0.05, 0.1) is 12.3 Å². The van der Waals surface area contributed by atoms with E-state index < -0.39 is 0 Å². The molecule has 1 aliphatic heterocycles. The third kappa shape index (κ3) is 1.76. The van der Waals surface area contributed by atoms with Crippen molar-refractivity contribution >= 4 is 11.5 Å². The molecule has 1 aromatic heterocycles. The maximum atomic E-state index is 10.6. The summed E-state index contributed by atoms with van der Waals surface area (Å²) in [6.45, 7) is 1.56. The van der Waals surface area contributed by atoms with Crippen molar-refractivity contribution in [3.05, 3.63) is 11.1 Å². The van der Waals surface area contributed by atoms with Crippen molar-refractivity contribution in [2.75, 3.05) is 18.0 Å². The average Bonchev–Trinajstić information content (AvgIpc) is 2.70. The minimum Gasteiger partial charge on any atom is -0.355 e. The maximum absolute atomic E-state index is 10.6. The SMILES string of the molecule is Cn1ncc(N=O)c1N1CCC(C#N)CC1. The van der Waals surface area contributed by atoms with E-state index in [1.807, 2.05) is 0 Å². The van der Waals surface area contributed by atoms with Gasteiger partial charge in [-0.2, -0.15) is 10.4 Å². The molecule has 1 fully saturated rings. The lowest BCUT2D eigenvalue weighted by molar-refractivity contribution is 0.480. The van der Waals surface area contributed by atoms with Crippen molar-refractivity contribution in [1.29, 1.82) is 5.26 Å². The van der Waals surface area contributed by atoms with Gasteiger partial charge in [-0.1, -0.05) is 0 Å². The normalized spacial score (nSPS) is 17.1. The molecule has 0 atom stereocenters. The summed E-state index contributed by atoms with van der Waals surface area (Å²) in [6, 6.07) is 2.28. The quantitative estimate of drug-likeness (QED) is 0.707. The molecule has 2 rings (SSSR count). The second-order valence-electron chi connectivity index (χ2n) is 3.96. The highest BCUT2D eigenvalue weighted by Gasteiger charge is 2.23. The van der Waals surface area contributed by atoms with Crippen LogP contribution in [0.1, 0.15) is 12.8 Å². The minimum absolute atomic E-state index is 0.136. The molecule has 1 saturated heterocycles. The predicted molar refractivity (Wildman–Crippen MR) is 59.2 cm³/mol. The van der Waals surface area contributed by atoms with E-state index in [0.717, 1.165) is 31.7 Å². The number of nitroso groups, excluding NO2 is 1. The van der Waals surface area contributed by atoms with Crippen molar-refractivity contribution in [2.24, 2.45) is 18.1 Å². The Morgan fingerprint density at radius 1 is 1.56 bits per heavy atom. The summed E-state index contributed by atoms with van der Waals surface area (Å²) < 4.78 is 1.66. The van der Waals surface area contributed by atoms with Gasteiger partial charge in [0.1, 0.15) is 0 Å². The summed E-state index contributed by atoms with van der Waals surface area (Å²) in [6.07, 6.45) is 3.14. The van der Waals surface area contributed by atoms with Gasteiger partial charge in [-0.25, -0.2) is 0 Å². The van der Waals surface area contributed by atoms with Crippen LogP contribution in [0.3, 0.4) is 0 Å². The molecular formula is C10H13N5O. The molecule has 0 aliphatic carbocycles. The number of anilines is 1. The summed E-state index contributed by atoms with van der Waals surface area (Å²) >= 11 is 0. The molecule has 0 spiro atoms. The fraction of sp³-hybridized carbons (Fsp3) is 0.600. The van der Waals surface area contributed by atoms with E-state index >= 15 is 0 Å². The van der Waals surface area contributed by atoms with Gasteiger partial charge in [0.15, 0.2) is 11.5 Å². The van der Waals surface area contributed by atoms with E-state index in [9.17, 15) is 4.91 Å². The number of nitrogens with zero attached hydrogens (tertiary/aromatic N) is 5. The lowest BCUT2D eigenvalue weighted by Gasteiger charge is -2.30. The van der Waals surface area contributed by atoms with Gasteiger partial charge in [-0.3, -0.25) is 4.68 Å². The van der Waals surface area contributed by atoms with Crippen molar-refractivity contribution < 1.29 is 0 Å². The fourth-order valence-corrected chi connectivity index (χ4v) is 2.07. The highest BCUT2D eigenvalue weighted by atomic mass is 16.3. The number of rotatable bonds is 2. The first-order valence-corrected chi connectivity index (χ1v) is 5.26. The largest absolute Gasteiger partial charge is 0.355 e. The summed E-state index contributed by atoms with van der Waals surface area (Å²) in [5.41, 5.74) is 0.373. The molecule has 0 amide bonds. The van der Waals surface area contributed by atoms with E-state index in [1.54, 1.807) is 11.7 Å². The van der Waals surface area contributed by atoms with Crippen molar-refractivity contribution in [2.45, 2.75) is 12.8 Å². The lowest BCUT2D eigenvalue weighted by Crippen LogP contribution is -2.34. The average molecular weight is 219 g/mol. The summed E-state index contributed by atoms with van der Waals surface area (Å²) in [5.74, 6) is 0.892. The second-order valence-corrected chi connectivity index (χ2v) is 3.96. The molecule has 0 unspecified atom stereocenters. The van der Waals surface area contributed by atoms with E-state index in [1.165, 1.54) is 6.20 Å². The van der Waals surface area contributed by atoms with Crippen LogP contribution in [-0.4, -0.2) is 22.9 Å². The molecule has 2 heterocycles. The molecule has 6 heteroatoms. The van der Waals surface area contributed by atoms with E-state index in [0.29, 0.717) is 5.69 Å². The van der Waals surface area contributed by atoms with Gasteiger partial charge in [-0.05, 0) is 18.0 Å². The number of piperidine rings is 1. The second kappa shape index (κ2) is 4.31. The Labute approximate surface area is 93.4 Å². The first-order chi connectivity index (χ1) is 7.76. The lowest BCUT2D eigenvalue weighted by atomic mass is 9.99. The Morgan fingerprint density at radius 2 is 2.25 bits per heavy atom. The van der Waals surface area contributed by atoms with Crippen LogP contribution >= 0.6 is 0 Å². The Morgan fingerprint density at radius 3 is 2.81 bits per heavy atom. The first kappa shape index (κ1) is 10.6. The summed E-state index contributed by atoms with van der Waals surface area (Å²) in [5, 5.41) is 15.8. The molecule has 1 aliphatic rings. The van der Waals surface area contributed by atoms with Crippen LogP contribution < -0.4 is 4.90 Å². The van der Waals surface area contributed by atoms with Crippen molar-refractivity contribution in [3.8, 4) is 6.07 Å². The Balaban J connectivity index is 2.17. The molecule has 6 nitrogen and oxygen atoms in total. The first-order valence-electron chi connectivity index (χ1n) is 5.26. The number of aromatic nitrogens is 2. The zero-order valence-corrected chi connectivity index (χ0v) is 9.13. The summed E-state index contributed by atoms with van der Waals surface area (Å²) in [7, 11) is 1.79. The standard InChI is InChI=1S/C10H13N5O/c1-14-10(9(13-16)7-12-14)15-4-2-8(6-11)3-5-15/h7-8H,2-5H2,1H3. The zero-order chi connectivity index (χ0) is 11.5. The molecule has 0 aromatic carbocycles. The number of hydrogen-bond acceptors (Lipinski definition) is 5. The minimum atomic E-state index is 0.136. The van der Waals surface area contributed by atoms with Gasteiger partial charge in [-0.15, -0.1) is 4.91 Å². The van der Waals surface area contributed by atoms with Crippen LogP contribution in [0.25, 0.3) is 0 Å². The molecule has 16 heavy (non-hydrogen) atoms. The molecule has 0 saturated carbocycles. The fourth-order valence-electron chi connectivity index (χ4n) is 2.07. The van der Waals surface area contributed by atoms with Crippen LogP contribution in [0, 0.1) is 22.2 Å². The maximum Gasteiger partial charge on any atom is 0.170 e. The molecule has 0 N–H and O–H groups in total. The zero-order valence-electron chi connectivity index (χ0n) is 9.13. The van der Waals surface area contributed by atoms with Crippen LogP contribution in [0.2, 0.25) is 0 Å². The van der Waals surface area contributed by atoms with Gasteiger partial charge >= 0.3 is 0 Å². The van der Waals surface area contributed by atoms with Gasteiger partial charge in [0.2, 0.25) is 0 Å². The molecule has 0 radical (unpaired) electrons. The predicted octanol–water partition coefficient (Wildman–Crippen LogP) is 1.56. The third-order valence-corrected chi connectivity index (χ3v) is 2.96.